The lowest BCUT2D eigenvalue weighted by Gasteiger charge is -1.98. The molecule has 72 valence electrons. The van der Waals surface area contributed by atoms with Gasteiger partial charge in [0.1, 0.15) is 0 Å². The molecule has 2 aromatic rings. The van der Waals surface area contributed by atoms with Crippen molar-refractivity contribution in [3.05, 3.63) is 40.6 Å². The Morgan fingerprint density at radius 3 is 3.07 bits per heavy atom. The molecule has 14 heavy (non-hydrogen) atoms. The number of Topliss-reactive ketones (excluding diaryl/α,β-unsaturated/α-hetero) is 1. The quantitative estimate of drug-likeness (QED) is 0.721. The van der Waals surface area contributed by atoms with Crippen LogP contribution in [-0.2, 0) is 6.54 Å². The van der Waals surface area contributed by atoms with E-state index in [0.29, 0.717) is 6.54 Å². The van der Waals surface area contributed by atoms with E-state index in [2.05, 4.69) is 4.98 Å². The van der Waals surface area contributed by atoms with E-state index in [-0.39, 0.29) is 5.78 Å². The van der Waals surface area contributed by atoms with Gasteiger partial charge in [0.2, 0.25) is 0 Å². The Balaban J connectivity index is 2.10. The van der Waals surface area contributed by atoms with Gasteiger partial charge in [-0.05, 0) is 13.0 Å². The van der Waals surface area contributed by atoms with Crippen molar-refractivity contribution in [2.75, 3.05) is 0 Å². The van der Waals surface area contributed by atoms with Crippen LogP contribution in [0.15, 0.2) is 30.2 Å². The molecule has 0 spiro atoms. The average molecular weight is 206 g/mol. The number of hydrogen-bond donors (Lipinski definition) is 0. The van der Waals surface area contributed by atoms with E-state index in [9.17, 15) is 4.79 Å². The van der Waals surface area contributed by atoms with Crippen molar-refractivity contribution in [1.82, 2.24) is 9.55 Å². The van der Waals surface area contributed by atoms with Crippen molar-refractivity contribution in [2.45, 2.75) is 13.5 Å². The molecule has 3 nitrogen and oxygen atoms in total. The number of hydrogen-bond acceptors (Lipinski definition) is 3. The van der Waals surface area contributed by atoms with Gasteiger partial charge in [0.25, 0.3) is 0 Å². The van der Waals surface area contributed by atoms with Gasteiger partial charge in [-0.2, -0.15) is 0 Å². The van der Waals surface area contributed by atoms with Crippen LogP contribution in [0.2, 0.25) is 0 Å². The van der Waals surface area contributed by atoms with E-state index in [1.165, 1.54) is 4.88 Å². The molecule has 0 fully saturated rings. The van der Waals surface area contributed by atoms with Gasteiger partial charge in [0.15, 0.2) is 5.78 Å². The third kappa shape index (κ3) is 1.90. The maximum atomic E-state index is 11.7. The van der Waals surface area contributed by atoms with Crippen LogP contribution in [0.4, 0.5) is 0 Å². The summed E-state index contributed by atoms with van der Waals surface area (Å²) < 4.78 is 1.77. The van der Waals surface area contributed by atoms with Crippen LogP contribution in [0.3, 0.4) is 0 Å². The first-order valence-corrected chi connectivity index (χ1v) is 5.18. The highest BCUT2D eigenvalue weighted by molar-refractivity contribution is 7.10. The Labute approximate surface area is 86.0 Å². The maximum absolute atomic E-state index is 11.7. The largest absolute Gasteiger partial charge is 0.330 e. The van der Waals surface area contributed by atoms with Gasteiger partial charge in [-0.1, -0.05) is 0 Å². The summed E-state index contributed by atoms with van der Waals surface area (Å²) >= 11 is 1.60. The molecule has 2 aromatic heterocycles. The zero-order chi connectivity index (χ0) is 9.97. The highest BCUT2D eigenvalue weighted by Gasteiger charge is 2.07. The molecule has 0 unspecified atom stereocenters. The van der Waals surface area contributed by atoms with E-state index in [1.807, 2.05) is 18.4 Å². The predicted molar refractivity (Wildman–Crippen MR) is 55.6 cm³/mol. The van der Waals surface area contributed by atoms with Crippen molar-refractivity contribution in [3.8, 4) is 0 Å². The lowest BCUT2D eigenvalue weighted by molar-refractivity contribution is 0.0972. The van der Waals surface area contributed by atoms with Crippen LogP contribution in [0.1, 0.15) is 15.2 Å². The van der Waals surface area contributed by atoms with Crippen LogP contribution in [-0.4, -0.2) is 15.3 Å². The number of carbonyl (C=O) groups is 1. The number of rotatable bonds is 3. The molecule has 0 saturated carbocycles. The lowest BCUT2D eigenvalue weighted by atomic mass is 10.2. The number of ketones is 1. The first-order chi connectivity index (χ1) is 6.75. The van der Waals surface area contributed by atoms with E-state index in [1.54, 1.807) is 34.6 Å². The molecule has 0 aliphatic heterocycles. The molecular formula is C10H10N2OS. The van der Waals surface area contributed by atoms with Crippen LogP contribution < -0.4 is 0 Å². The van der Waals surface area contributed by atoms with E-state index >= 15 is 0 Å². The van der Waals surface area contributed by atoms with Gasteiger partial charge in [-0.15, -0.1) is 11.3 Å². The third-order valence-electron chi connectivity index (χ3n) is 1.94. The normalized spacial score (nSPS) is 10.4. The van der Waals surface area contributed by atoms with Crippen molar-refractivity contribution < 1.29 is 4.79 Å². The minimum absolute atomic E-state index is 0.132. The number of thiophene rings is 1. The first kappa shape index (κ1) is 9.15. The highest BCUT2D eigenvalue weighted by Crippen LogP contribution is 2.14. The zero-order valence-electron chi connectivity index (χ0n) is 7.80. The molecule has 4 heteroatoms. The second-order valence-electron chi connectivity index (χ2n) is 3.10. The second-order valence-corrected chi connectivity index (χ2v) is 4.22. The van der Waals surface area contributed by atoms with E-state index in [4.69, 9.17) is 0 Å². The summed E-state index contributed by atoms with van der Waals surface area (Å²) in [5, 5.41) is 1.90. The first-order valence-electron chi connectivity index (χ1n) is 4.30. The number of aryl methyl sites for hydroxylation is 1. The van der Waals surface area contributed by atoms with E-state index < -0.39 is 0 Å². The molecule has 0 aliphatic rings. The monoisotopic (exact) mass is 206 g/mol. The van der Waals surface area contributed by atoms with Crippen LogP contribution in [0, 0.1) is 6.92 Å². The second kappa shape index (κ2) is 3.75. The van der Waals surface area contributed by atoms with Crippen LogP contribution in [0.25, 0.3) is 0 Å². The predicted octanol–water partition coefficient (Wildman–Crippen LogP) is 2.14. The number of carbonyl (C=O) groups excluding carboxylic acids is 1. The van der Waals surface area contributed by atoms with Gasteiger partial charge in [0, 0.05) is 28.2 Å². The van der Waals surface area contributed by atoms with Gasteiger partial charge < -0.3 is 4.57 Å². The molecule has 0 aliphatic carbocycles. The zero-order valence-corrected chi connectivity index (χ0v) is 8.62. The van der Waals surface area contributed by atoms with Gasteiger partial charge in [0.05, 0.1) is 12.9 Å². The SMILES string of the molecule is Cc1cc(C(=O)Cn2ccnc2)cs1. The molecule has 0 atom stereocenters. The minimum atomic E-state index is 0.132. The Kier molecular flexibility index (Phi) is 2.45. The lowest BCUT2D eigenvalue weighted by Crippen LogP contribution is -2.07. The number of imidazole rings is 1. The Bertz CT molecular complexity index is 431. The highest BCUT2D eigenvalue weighted by atomic mass is 32.1. The minimum Gasteiger partial charge on any atom is -0.330 e. The van der Waals surface area contributed by atoms with Crippen LogP contribution >= 0.6 is 11.3 Å². The standard InChI is InChI=1S/C10H10N2OS/c1-8-4-9(6-14-8)10(13)5-12-3-2-11-7-12/h2-4,6-7H,5H2,1H3. The Morgan fingerprint density at radius 1 is 1.64 bits per heavy atom. The fourth-order valence-corrected chi connectivity index (χ4v) is 1.93. The molecular weight excluding hydrogens is 196 g/mol. The third-order valence-corrected chi connectivity index (χ3v) is 2.80. The molecule has 0 bridgehead atoms. The number of nitrogens with zero attached hydrogens (tertiary/aromatic N) is 2. The molecule has 0 amide bonds. The summed E-state index contributed by atoms with van der Waals surface area (Å²) in [6, 6.07) is 1.92. The smallest absolute Gasteiger partial charge is 0.183 e. The topological polar surface area (TPSA) is 34.9 Å². The van der Waals surface area contributed by atoms with Gasteiger partial charge in [-0.3, -0.25) is 4.79 Å². The van der Waals surface area contributed by atoms with Crippen molar-refractivity contribution >= 4 is 17.1 Å². The van der Waals surface area contributed by atoms with Crippen molar-refractivity contribution in [1.29, 1.82) is 0 Å². The summed E-state index contributed by atoms with van der Waals surface area (Å²) in [5.41, 5.74) is 0.793. The molecule has 2 rings (SSSR count). The Hall–Kier alpha value is -1.42. The van der Waals surface area contributed by atoms with Crippen molar-refractivity contribution in [2.24, 2.45) is 0 Å². The molecule has 0 saturated heterocycles. The fraction of sp³-hybridized carbons (Fsp3) is 0.200. The molecule has 0 radical (unpaired) electrons. The summed E-state index contributed by atoms with van der Waals surface area (Å²) in [6.07, 6.45) is 5.11. The van der Waals surface area contributed by atoms with E-state index in [0.717, 1.165) is 5.56 Å². The summed E-state index contributed by atoms with van der Waals surface area (Å²) in [5.74, 6) is 0.132. The Morgan fingerprint density at radius 2 is 2.50 bits per heavy atom. The van der Waals surface area contributed by atoms with Gasteiger partial charge in [-0.25, -0.2) is 4.98 Å². The summed E-state index contributed by atoms with van der Waals surface area (Å²) in [6.45, 7) is 2.37. The van der Waals surface area contributed by atoms with Crippen molar-refractivity contribution in [3.63, 3.8) is 0 Å². The molecule has 0 N–H and O–H groups in total. The maximum Gasteiger partial charge on any atom is 0.183 e. The summed E-state index contributed by atoms with van der Waals surface area (Å²) in [4.78, 5) is 16.7. The fourth-order valence-electron chi connectivity index (χ4n) is 1.23. The van der Waals surface area contributed by atoms with Gasteiger partial charge >= 0.3 is 0 Å². The van der Waals surface area contributed by atoms with Crippen LogP contribution in [0.5, 0.6) is 0 Å². The summed E-state index contributed by atoms with van der Waals surface area (Å²) in [7, 11) is 0. The number of aromatic nitrogens is 2. The average Bonchev–Trinajstić information content (AvgIpc) is 2.75. The molecule has 0 aromatic carbocycles. The molecule has 2 heterocycles.